The van der Waals surface area contributed by atoms with E-state index in [4.69, 9.17) is 8.83 Å². The maximum Gasteiger partial charge on any atom is 0.143 e. The van der Waals surface area contributed by atoms with Crippen molar-refractivity contribution in [2.45, 2.75) is 45.4 Å². The molecule has 0 amide bonds. The van der Waals surface area contributed by atoms with Crippen molar-refractivity contribution in [2.24, 2.45) is 0 Å². The summed E-state index contributed by atoms with van der Waals surface area (Å²) in [5.74, 6) is 0. The van der Waals surface area contributed by atoms with Gasteiger partial charge in [-0.2, -0.15) is 0 Å². The lowest BCUT2D eigenvalue weighted by Crippen LogP contribution is -2.18. The van der Waals surface area contributed by atoms with Crippen molar-refractivity contribution in [1.82, 2.24) is 0 Å². The van der Waals surface area contributed by atoms with Gasteiger partial charge in [0.25, 0.3) is 0 Å². The summed E-state index contributed by atoms with van der Waals surface area (Å²) in [6, 6.07) is 76.0. The molecule has 342 valence electrons. The van der Waals surface area contributed by atoms with Crippen LogP contribution in [0.25, 0.3) is 110 Å². The average molecular weight is 924 g/mol. The highest BCUT2D eigenvalue weighted by atomic mass is 16.3. The molecule has 15 rings (SSSR count). The van der Waals surface area contributed by atoms with Gasteiger partial charge in [-0.15, -0.1) is 0 Å². The molecule has 0 bridgehead atoms. The van der Waals surface area contributed by atoms with Crippen LogP contribution in [-0.4, -0.2) is 0 Å². The maximum atomic E-state index is 6.93. The minimum Gasteiger partial charge on any atom is -0.455 e. The fourth-order valence-electron chi connectivity index (χ4n) is 12.9. The molecule has 11 aromatic carbocycles. The van der Waals surface area contributed by atoms with Crippen LogP contribution in [0.1, 0.15) is 55.5 Å². The van der Waals surface area contributed by atoms with Gasteiger partial charge in [-0.3, -0.25) is 0 Å². The molecule has 2 aliphatic rings. The molecule has 2 aromatic heterocycles. The van der Waals surface area contributed by atoms with Crippen LogP contribution >= 0.6 is 0 Å². The molecule has 13 aromatic rings. The van der Waals surface area contributed by atoms with E-state index < -0.39 is 0 Å². The lowest BCUT2D eigenvalue weighted by atomic mass is 9.80. The van der Waals surface area contributed by atoms with Crippen LogP contribution in [0.2, 0.25) is 0 Å². The van der Waals surface area contributed by atoms with Crippen molar-refractivity contribution in [3.63, 3.8) is 0 Å². The van der Waals surface area contributed by atoms with Gasteiger partial charge in [0.15, 0.2) is 0 Å². The lowest BCUT2D eigenvalue weighted by molar-refractivity contribution is 0.657. The molecule has 0 saturated heterocycles. The Labute approximate surface area is 418 Å². The first-order valence-electron chi connectivity index (χ1n) is 25.2. The molecular formula is C69H49NO2. The van der Waals surface area contributed by atoms with E-state index in [0.29, 0.717) is 0 Å². The van der Waals surface area contributed by atoms with Crippen molar-refractivity contribution in [3.05, 3.63) is 234 Å². The summed E-state index contributed by atoms with van der Waals surface area (Å²) in [4.78, 5) is 2.47. The van der Waals surface area contributed by atoms with Gasteiger partial charge >= 0.3 is 0 Å². The monoisotopic (exact) mass is 923 g/mol. The molecule has 2 heterocycles. The molecule has 0 aliphatic heterocycles. The van der Waals surface area contributed by atoms with Gasteiger partial charge in [-0.25, -0.2) is 0 Å². The third-order valence-corrected chi connectivity index (χ3v) is 16.5. The molecule has 0 unspecified atom stereocenters. The Morgan fingerprint density at radius 1 is 0.333 bits per heavy atom. The fourth-order valence-corrected chi connectivity index (χ4v) is 12.9. The van der Waals surface area contributed by atoms with Crippen molar-refractivity contribution in [1.29, 1.82) is 0 Å². The molecule has 0 atom stereocenters. The molecule has 0 saturated carbocycles. The SMILES string of the molecule is Cc1ccc(N(c2ccc3c(c2)C(C)(C)c2cc(-c4cccc5ccccc45)c4oc5ccccc5c4c2-3)c2ccc3c(c2)C(C)(C)c2cc(-c4cccc5ccccc45)c4oc5ccccc5c4c2-3)cc1. The van der Waals surface area contributed by atoms with Crippen molar-refractivity contribution in [3.8, 4) is 44.5 Å². The number of para-hydroxylation sites is 2. The van der Waals surface area contributed by atoms with Crippen LogP contribution in [0.3, 0.4) is 0 Å². The molecule has 72 heavy (non-hydrogen) atoms. The van der Waals surface area contributed by atoms with Crippen LogP contribution in [-0.2, 0) is 10.8 Å². The second kappa shape index (κ2) is 14.7. The highest BCUT2D eigenvalue weighted by molar-refractivity contribution is 6.22. The van der Waals surface area contributed by atoms with E-state index in [0.717, 1.165) is 61.3 Å². The quantitative estimate of drug-likeness (QED) is 0.172. The van der Waals surface area contributed by atoms with E-state index in [1.54, 1.807) is 0 Å². The summed E-state index contributed by atoms with van der Waals surface area (Å²) in [6.07, 6.45) is 0. The van der Waals surface area contributed by atoms with Crippen LogP contribution in [0.4, 0.5) is 17.1 Å². The van der Waals surface area contributed by atoms with E-state index >= 15 is 0 Å². The largest absolute Gasteiger partial charge is 0.455 e. The Balaban J connectivity index is 0.926. The number of rotatable bonds is 5. The summed E-state index contributed by atoms with van der Waals surface area (Å²) in [6.45, 7) is 11.8. The maximum absolute atomic E-state index is 6.93. The second-order valence-electron chi connectivity index (χ2n) is 21.2. The van der Waals surface area contributed by atoms with Gasteiger partial charge in [0, 0.05) is 60.6 Å². The Kier molecular flexibility index (Phi) is 8.40. The number of furan rings is 2. The first kappa shape index (κ1) is 41.2. The number of fused-ring (bicyclic) bond motifs is 16. The number of benzene rings is 11. The summed E-state index contributed by atoms with van der Waals surface area (Å²) < 4.78 is 13.9. The smallest absolute Gasteiger partial charge is 0.143 e. The summed E-state index contributed by atoms with van der Waals surface area (Å²) in [5.41, 5.74) is 22.5. The minimum absolute atomic E-state index is 0.326. The first-order chi connectivity index (χ1) is 35.1. The number of anilines is 3. The van der Waals surface area contributed by atoms with Crippen molar-refractivity contribution in [2.75, 3.05) is 4.90 Å². The summed E-state index contributed by atoms with van der Waals surface area (Å²) in [5, 5.41) is 9.54. The molecule has 3 heteroatoms. The van der Waals surface area contributed by atoms with Gasteiger partial charge in [0.2, 0.25) is 0 Å². The number of aryl methyl sites for hydroxylation is 1. The van der Waals surface area contributed by atoms with E-state index in [1.807, 2.05) is 0 Å². The van der Waals surface area contributed by atoms with E-state index in [-0.39, 0.29) is 10.8 Å². The minimum atomic E-state index is -0.326. The van der Waals surface area contributed by atoms with Crippen LogP contribution in [0.15, 0.2) is 215 Å². The summed E-state index contributed by atoms with van der Waals surface area (Å²) >= 11 is 0. The topological polar surface area (TPSA) is 29.5 Å². The van der Waals surface area contributed by atoms with Gasteiger partial charge in [0.1, 0.15) is 22.3 Å². The van der Waals surface area contributed by atoms with Crippen molar-refractivity contribution < 1.29 is 8.83 Å². The van der Waals surface area contributed by atoms with Gasteiger partial charge < -0.3 is 13.7 Å². The zero-order chi connectivity index (χ0) is 48.2. The standard InChI is InChI=1S/C69H49NO2/c1-40-28-30-43(31-29-40)70(44-32-34-50-56(36-44)68(2,3)58-38-54(48-24-14-18-41-16-6-8-20-46(41)48)66-64(62(50)58)52-22-10-12-26-60(52)71-66)45-33-35-51-57(37-45)69(4,5)59-39-55(49-25-15-19-42-17-7-9-21-47(42)49)67-65(63(51)59)53-23-11-13-27-61(53)72-67/h6-39H,1-5H3. The zero-order valence-electron chi connectivity index (χ0n) is 40.9. The molecule has 0 spiro atoms. The third-order valence-electron chi connectivity index (χ3n) is 16.5. The predicted octanol–water partition coefficient (Wildman–Crippen LogP) is 19.5. The number of hydrogen-bond acceptors (Lipinski definition) is 3. The molecule has 0 radical (unpaired) electrons. The normalized spacial score (nSPS) is 14.1. The van der Waals surface area contributed by atoms with Crippen LogP contribution < -0.4 is 4.90 Å². The van der Waals surface area contributed by atoms with Gasteiger partial charge in [-0.1, -0.05) is 179 Å². The molecule has 2 aliphatic carbocycles. The van der Waals surface area contributed by atoms with E-state index in [9.17, 15) is 0 Å². The van der Waals surface area contributed by atoms with Crippen LogP contribution in [0, 0.1) is 6.92 Å². The zero-order valence-corrected chi connectivity index (χ0v) is 40.9. The summed E-state index contributed by atoms with van der Waals surface area (Å²) in [7, 11) is 0. The molecule has 0 fully saturated rings. The fraction of sp³-hybridized carbons (Fsp3) is 0.101. The van der Waals surface area contributed by atoms with Crippen molar-refractivity contribution >= 4 is 82.5 Å². The Morgan fingerprint density at radius 2 is 0.736 bits per heavy atom. The molecule has 3 nitrogen and oxygen atoms in total. The molecular weight excluding hydrogens is 875 g/mol. The third kappa shape index (κ3) is 5.62. The number of hydrogen-bond donors (Lipinski definition) is 0. The predicted molar refractivity (Wildman–Crippen MR) is 301 cm³/mol. The second-order valence-corrected chi connectivity index (χ2v) is 21.2. The highest BCUT2D eigenvalue weighted by Gasteiger charge is 2.41. The van der Waals surface area contributed by atoms with E-state index in [2.05, 4.69) is 246 Å². The van der Waals surface area contributed by atoms with Gasteiger partial charge in [0.05, 0.1) is 0 Å². The average Bonchev–Trinajstić information content (AvgIpc) is 4.11. The lowest BCUT2D eigenvalue weighted by Gasteiger charge is -2.30. The molecule has 0 N–H and O–H groups in total. The van der Waals surface area contributed by atoms with Gasteiger partial charge in [-0.05, 0) is 145 Å². The van der Waals surface area contributed by atoms with E-state index in [1.165, 1.54) is 93.5 Å². The van der Waals surface area contributed by atoms with Crippen LogP contribution in [0.5, 0.6) is 0 Å². The first-order valence-corrected chi connectivity index (χ1v) is 25.2. The Morgan fingerprint density at radius 3 is 1.21 bits per heavy atom. The highest BCUT2D eigenvalue weighted by Crippen LogP contribution is 2.59. The number of nitrogens with zero attached hydrogens (tertiary/aromatic N) is 1. The Bertz CT molecular complexity index is 4190. The Hall–Kier alpha value is -8.66.